The number of nitrogens with one attached hydrogen (secondary N) is 1. The van der Waals surface area contributed by atoms with Crippen LogP contribution in [-0.4, -0.2) is 35.1 Å². The number of thiazole rings is 1. The van der Waals surface area contributed by atoms with E-state index in [-0.39, 0.29) is 12.0 Å². The van der Waals surface area contributed by atoms with E-state index in [0.29, 0.717) is 13.0 Å². The lowest BCUT2D eigenvalue weighted by molar-refractivity contribution is -0.121. The number of ether oxygens (including phenoxy) is 1. The average Bonchev–Trinajstić information content (AvgIpc) is 3.17. The van der Waals surface area contributed by atoms with Gasteiger partial charge in [-0.05, 0) is 25.0 Å². The van der Waals surface area contributed by atoms with E-state index in [1.54, 1.807) is 6.20 Å². The average molecular weight is 303 g/mol. The van der Waals surface area contributed by atoms with Gasteiger partial charge in [-0.2, -0.15) is 0 Å². The maximum absolute atomic E-state index is 11.9. The Morgan fingerprint density at radius 2 is 2.43 bits per heavy atom. The largest absolute Gasteiger partial charge is 0.376 e. The molecule has 1 N–H and O–H groups in total. The molecule has 1 aliphatic rings. The van der Waals surface area contributed by atoms with Gasteiger partial charge in [-0.25, -0.2) is 4.98 Å². The number of carbonyl (C=O) groups excluding carboxylic acids is 1. The third kappa shape index (κ3) is 3.86. The van der Waals surface area contributed by atoms with E-state index in [2.05, 4.69) is 15.3 Å². The number of hydrogen-bond acceptors (Lipinski definition) is 5. The van der Waals surface area contributed by atoms with Crippen LogP contribution >= 0.6 is 11.3 Å². The van der Waals surface area contributed by atoms with E-state index >= 15 is 0 Å². The highest BCUT2D eigenvalue weighted by Gasteiger charge is 2.16. The van der Waals surface area contributed by atoms with Crippen molar-refractivity contribution in [2.24, 2.45) is 0 Å². The van der Waals surface area contributed by atoms with Crippen molar-refractivity contribution in [2.75, 3.05) is 13.2 Å². The molecule has 1 amide bonds. The lowest BCUT2D eigenvalue weighted by atomic mass is 10.2. The quantitative estimate of drug-likeness (QED) is 0.918. The minimum Gasteiger partial charge on any atom is -0.376 e. The van der Waals surface area contributed by atoms with Crippen LogP contribution in [0.15, 0.2) is 29.8 Å². The van der Waals surface area contributed by atoms with Gasteiger partial charge in [0, 0.05) is 24.7 Å². The normalized spacial score (nSPS) is 17.8. The number of carbonyl (C=O) groups is 1. The molecule has 0 radical (unpaired) electrons. The van der Waals surface area contributed by atoms with Gasteiger partial charge in [-0.15, -0.1) is 11.3 Å². The number of hydrogen-bond donors (Lipinski definition) is 1. The SMILES string of the molecule is O=C(Cc1csc(-c2ccccn2)n1)NC[C@H]1CCCO1. The van der Waals surface area contributed by atoms with E-state index in [9.17, 15) is 4.79 Å². The molecule has 0 saturated carbocycles. The van der Waals surface area contributed by atoms with Crippen molar-refractivity contribution in [2.45, 2.75) is 25.4 Å². The second-order valence-electron chi connectivity index (χ2n) is 4.97. The van der Waals surface area contributed by atoms with Crippen molar-refractivity contribution < 1.29 is 9.53 Å². The van der Waals surface area contributed by atoms with Gasteiger partial charge < -0.3 is 10.1 Å². The second-order valence-corrected chi connectivity index (χ2v) is 5.83. The smallest absolute Gasteiger partial charge is 0.226 e. The van der Waals surface area contributed by atoms with Crippen LogP contribution < -0.4 is 5.32 Å². The van der Waals surface area contributed by atoms with Crippen LogP contribution in [0.5, 0.6) is 0 Å². The highest BCUT2D eigenvalue weighted by molar-refractivity contribution is 7.13. The summed E-state index contributed by atoms with van der Waals surface area (Å²) in [6.45, 7) is 1.40. The van der Waals surface area contributed by atoms with Gasteiger partial charge in [-0.3, -0.25) is 9.78 Å². The van der Waals surface area contributed by atoms with Gasteiger partial charge in [-0.1, -0.05) is 6.07 Å². The molecule has 1 atom stereocenters. The molecule has 6 heteroatoms. The first-order valence-electron chi connectivity index (χ1n) is 7.05. The number of nitrogens with zero attached hydrogens (tertiary/aromatic N) is 2. The summed E-state index contributed by atoms with van der Waals surface area (Å²) in [6.07, 6.45) is 4.33. The van der Waals surface area contributed by atoms with Crippen LogP contribution in [-0.2, 0) is 16.0 Å². The van der Waals surface area contributed by atoms with E-state index in [1.165, 1.54) is 11.3 Å². The summed E-state index contributed by atoms with van der Waals surface area (Å²) in [5, 5.41) is 5.66. The molecule has 3 rings (SSSR count). The molecule has 1 aliphatic heterocycles. The number of amides is 1. The molecular formula is C15H17N3O2S. The Morgan fingerprint density at radius 3 is 3.19 bits per heavy atom. The molecule has 21 heavy (non-hydrogen) atoms. The van der Waals surface area contributed by atoms with Crippen LogP contribution in [0.1, 0.15) is 18.5 Å². The van der Waals surface area contributed by atoms with Crippen LogP contribution in [0.3, 0.4) is 0 Å². The molecule has 2 aromatic heterocycles. The monoisotopic (exact) mass is 303 g/mol. The predicted molar refractivity (Wildman–Crippen MR) is 81.0 cm³/mol. The zero-order chi connectivity index (χ0) is 14.5. The highest BCUT2D eigenvalue weighted by atomic mass is 32.1. The Balaban J connectivity index is 1.53. The summed E-state index contributed by atoms with van der Waals surface area (Å²) in [7, 11) is 0. The number of aromatic nitrogens is 2. The zero-order valence-electron chi connectivity index (χ0n) is 11.6. The molecule has 0 aromatic carbocycles. The van der Waals surface area contributed by atoms with Crippen molar-refractivity contribution in [3.8, 4) is 10.7 Å². The Kier molecular flexibility index (Phi) is 4.57. The van der Waals surface area contributed by atoms with Crippen molar-refractivity contribution in [1.29, 1.82) is 0 Å². The fraction of sp³-hybridized carbons (Fsp3) is 0.400. The van der Waals surface area contributed by atoms with Crippen LogP contribution in [0.4, 0.5) is 0 Å². The van der Waals surface area contributed by atoms with Crippen molar-refractivity contribution >= 4 is 17.2 Å². The molecule has 0 aliphatic carbocycles. The molecule has 3 heterocycles. The molecule has 0 spiro atoms. The summed E-state index contributed by atoms with van der Waals surface area (Å²) in [4.78, 5) is 20.6. The molecule has 0 unspecified atom stereocenters. The Labute approximate surface area is 127 Å². The van der Waals surface area contributed by atoms with Gasteiger partial charge in [0.25, 0.3) is 0 Å². The van der Waals surface area contributed by atoms with Crippen LogP contribution in [0.25, 0.3) is 10.7 Å². The summed E-state index contributed by atoms with van der Waals surface area (Å²) < 4.78 is 5.48. The minimum absolute atomic E-state index is 0.0108. The standard InChI is InChI=1S/C15H17N3O2S/c19-14(17-9-12-4-3-7-20-12)8-11-10-21-15(18-11)13-5-1-2-6-16-13/h1-2,5-6,10,12H,3-4,7-9H2,(H,17,19)/t12-/m1/s1. The Hall–Kier alpha value is -1.79. The van der Waals surface area contributed by atoms with Crippen molar-refractivity contribution in [1.82, 2.24) is 15.3 Å². The molecule has 1 fully saturated rings. The highest BCUT2D eigenvalue weighted by Crippen LogP contribution is 2.21. The molecule has 5 nitrogen and oxygen atoms in total. The van der Waals surface area contributed by atoms with Crippen molar-refractivity contribution in [3.63, 3.8) is 0 Å². The Morgan fingerprint density at radius 1 is 1.48 bits per heavy atom. The second kappa shape index (κ2) is 6.78. The fourth-order valence-corrected chi connectivity index (χ4v) is 3.05. The van der Waals surface area contributed by atoms with E-state index in [0.717, 1.165) is 35.8 Å². The lowest BCUT2D eigenvalue weighted by Gasteiger charge is -2.09. The summed E-state index contributed by atoms with van der Waals surface area (Å²) >= 11 is 1.51. The third-order valence-corrected chi connectivity index (χ3v) is 4.24. The van der Waals surface area contributed by atoms with Crippen molar-refractivity contribution in [3.05, 3.63) is 35.5 Å². The van der Waals surface area contributed by atoms with Gasteiger partial charge in [0.1, 0.15) is 5.01 Å². The van der Waals surface area contributed by atoms with Gasteiger partial charge in [0.15, 0.2) is 0 Å². The van der Waals surface area contributed by atoms with Gasteiger partial charge in [0.05, 0.1) is 23.9 Å². The van der Waals surface area contributed by atoms with E-state index in [1.807, 2.05) is 23.6 Å². The number of rotatable bonds is 5. The summed E-state index contributed by atoms with van der Waals surface area (Å²) in [5.74, 6) is -0.0108. The first-order chi connectivity index (χ1) is 10.3. The molecular weight excluding hydrogens is 286 g/mol. The topological polar surface area (TPSA) is 64.1 Å². The Bertz CT molecular complexity index is 594. The maximum atomic E-state index is 11.9. The first-order valence-corrected chi connectivity index (χ1v) is 7.93. The summed E-state index contributed by atoms with van der Waals surface area (Å²) in [6, 6.07) is 5.72. The third-order valence-electron chi connectivity index (χ3n) is 3.33. The molecule has 1 saturated heterocycles. The number of pyridine rings is 1. The van der Waals surface area contributed by atoms with Crippen LogP contribution in [0.2, 0.25) is 0 Å². The van der Waals surface area contributed by atoms with Gasteiger partial charge in [0.2, 0.25) is 5.91 Å². The fourth-order valence-electron chi connectivity index (χ4n) is 2.26. The molecule has 110 valence electrons. The maximum Gasteiger partial charge on any atom is 0.226 e. The van der Waals surface area contributed by atoms with E-state index in [4.69, 9.17) is 4.74 Å². The lowest BCUT2D eigenvalue weighted by Crippen LogP contribution is -2.32. The predicted octanol–water partition coefficient (Wildman–Crippen LogP) is 2.04. The van der Waals surface area contributed by atoms with Gasteiger partial charge >= 0.3 is 0 Å². The molecule has 2 aromatic rings. The zero-order valence-corrected chi connectivity index (χ0v) is 12.4. The minimum atomic E-state index is -0.0108. The molecule has 0 bridgehead atoms. The van der Waals surface area contributed by atoms with E-state index < -0.39 is 0 Å². The summed E-state index contributed by atoms with van der Waals surface area (Å²) in [5.41, 5.74) is 1.62. The first kappa shape index (κ1) is 14.2. The van der Waals surface area contributed by atoms with Crippen LogP contribution in [0, 0.1) is 0 Å².